The summed E-state index contributed by atoms with van der Waals surface area (Å²) in [6.07, 6.45) is 0.845. The summed E-state index contributed by atoms with van der Waals surface area (Å²) in [6.45, 7) is 5.64. The van der Waals surface area contributed by atoms with Gasteiger partial charge in [-0.15, -0.1) is 0 Å². The zero-order chi connectivity index (χ0) is 13.0. The number of hydrogen-bond donors (Lipinski definition) is 2. The van der Waals surface area contributed by atoms with E-state index in [2.05, 4.69) is 4.90 Å². The minimum atomic E-state index is -0.525. The summed E-state index contributed by atoms with van der Waals surface area (Å²) in [6, 6.07) is 7.86. The van der Waals surface area contributed by atoms with E-state index in [-0.39, 0.29) is 0 Å². The Labute approximate surface area is 108 Å². The second-order valence-electron chi connectivity index (χ2n) is 5.22. The van der Waals surface area contributed by atoms with Crippen molar-refractivity contribution in [1.29, 1.82) is 0 Å². The van der Waals surface area contributed by atoms with Gasteiger partial charge in [0.05, 0.1) is 5.60 Å². The average Bonchev–Trinajstić information content (AvgIpc) is 2.70. The van der Waals surface area contributed by atoms with Gasteiger partial charge in [-0.1, -0.05) is 12.1 Å². The normalized spacial score (nSPS) is 24.4. The van der Waals surface area contributed by atoms with Crippen LogP contribution in [-0.2, 0) is 6.54 Å². The van der Waals surface area contributed by atoms with Gasteiger partial charge in [0.25, 0.3) is 0 Å². The van der Waals surface area contributed by atoms with Crippen LogP contribution in [0.2, 0.25) is 0 Å². The number of rotatable bonds is 5. The van der Waals surface area contributed by atoms with Crippen LogP contribution < -0.4 is 10.5 Å². The molecule has 4 nitrogen and oxygen atoms in total. The van der Waals surface area contributed by atoms with E-state index in [1.54, 1.807) is 0 Å². The molecule has 1 atom stereocenters. The van der Waals surface area contributed by atoms with Gasteiger partial charge >= 0.3 is 0 Å². The average molecular weight is 250 g/mol. The molecule has 0 bridgehead atoms. The lowest BCUT2D eigenvalue weighted by atomic mass is 10.1. The number of nitrogens with zero attached hydrogens (tertiary/aromatic N) is 1. The number of ether oxygens (including phenoxy) is 1. The fourth-order valence-electron chi connectivity index (χ4n) is 2.24. The maximum Gasteiger partial charge on any atom is 0.119 e. The Morgan fingerprint density at radius 2 is 2.11 bits per heavy atom. The molecular weight excluding hydrogens is 228 g/mol. The van der Waals surface area contributed by atoms with Crippen LogP contribution in [0.15, 0.2) is 24.3 Å². The van der Waals surface area contributed by atoms with E-state index < -0.39 is 5.60 Å². The molecule has 0 amide bonds. The molecule has 100 valence electrons. The minimum Gasteiger partial charge on any atom is -0.492 e. The molecule has 1 aliphatic rings. The maximum absolute atomic E-state index is 9.84. The molecular formula is C14H22N2O2. The highest BCUT2D eigenvalue weighted by Crippen LogP contribution is 2.19. The molecule has 1 heterocycles. The van der Waals surface area contributed by atoms with Gasteiger partial charge in [-0.3, -0.25) is 4.90 Å². The SMILES string of the molecule is CC1(O)CCN(CCOc2ccc(CN)cc2)C1. The highest BCUT2D eigenvalue weighted by molar-refractivity contribution is 5.27. The Hall–Kier alpha value is -1.10. The van der Waals surface area contributed by atoms with Crippen molar-refractivity contribution in [2.75, 3.05) is 26.2 Å². The summed E-state index contributed by atoms with van der Waals surface area (Å²) in [5, 5.41) is 9.84. The maximum atomic E-state index is 9.84. The molecule has 3 N–H and O–H groups in total. The van der Waals surface area contributed by atoms with E-state index >= 15 is 0 Å². The standard InChI is InChI=1S/C14H22N2O2/c1-14(17)6-7-16(11-14)8-9-18-13-4-2-12(10-15)3-5-13/h2-5,17H,6-11,15H2,1H3. The molecule has 0 spiro atoms. The van der Waals surface area contributed by atoms with Crippen LogP contribution >= 0.6 is 0 Å². The fraction of sp³-hybridized carbons (Fsp3) is 0.571. The first kappa shape index (κ1) is 13.3. The fourth-order valence-corrected chi connectivity index (χ4v) is 2.24. The van der Waals surface area contributed by atoms with E-state index in [9.17, 15) is 5.11 Å². The van der Waals surface area contributed by atoms with Crippen molar-refractivity contribution in [2.24, 2.45) is 5.73 Å². The quantitative estimate of drug-likeness (QED) is 0.818. The number of aliphatic hydroxyl groups is 1. The number of hydrogen-bond acceptors (Lipinski definition) is 4. The highest BCUT2D eigenvalue weighted by atomic mass is 16.5. The predicted molar refractivity (Wildman–Crippen MR) is 71.5 cm³/mol. The minimum absolute atomic E-state index is 0.525. The molecule has 0 aromatic heterocycles. The molecule has 4 heteroatoms. The van der Waals surface area contributed by atoms with E-state index in [0.29, 0.717) is 13.2 Å². The third kappa shape index (κ3) is 3.70. The number of nitrogens with two attached hydrogens (primary N) is 1. The molecule has 0 radical (unpaired) electrons. The molecule has 18 heavy (non-hydrogen) atoms. The second-order valence-corrected chi connectivity index (χ2v) is 5.22. The van der Waals surface area contributed by atoms with Crippen molar-refractivity contribution in [3.8, 4) is 5.75 Å². The van der Waals surface area contributed by atoms with Crippen LogP contribution in [0.25, 0.3) is 0 Å². The van der Waals surface area contributed by atoms with Gasteiger partial charge in [0.15, 0.2) is 0 Å². The Kier molecular flexibility index (Phi) is 4.22. The number of β-amino-alcohol motifs (C(OH)–C–C–N with tert-alkyl or cyclic N) is 1. The van der Waals surface area contributed by atoms with Crippen LogP contribution in [0.3, 0.4) is 0 Å². The van der Waals surface area contributed by atoms with E-state index in [1.165, 1.54) is 0 Å². The lowest BCUT2D eigenvalue weighted by molar-refractivity contribution is 0.0670. The largest absolute Gasteiger partial charge is 0.492 e. The molecule has 1 saturated heterocycles. The summed E-state index contributed by atoms with van der Waals surface area (Å²) in [7, 11) is 0. The Morgan fingerprint density at radius 1 is 1.39 bits per heavy atom. The van der Waals surface area contributed by atoms with Crippen LogP contribution in [0.4, 0.5) is 0 Å². The number of benzene rings is 1. The zero-order valence-electron chi connectivity index (χ0n) is 10.9. The molecule has 1 aromatic rings. The lowest BCUT2D eigenvalue weighted by Gasteiger charge is -2.18. The molecule has 1 fully saturated rings. The topological polar surface area (TPSA) is 58.7 Å². The number of likely N-dealkylation sites (tertiary alicyclic amines) is 1. The van der Waals surface area contributed by atoms with E-state index in [4.69, 9.17) is 10.5 Å². The molecule has 2 rings (SSSR count). The first-order chi connectivity index (χ1) is 8.59. The van der Waals surface area contributed by atoms with Gasteiger partial charge < -0.3 is 15.6 Å². The molecule has 1 aliphatic heterocycles. The second kappa shape index (κ2) is 5.69. The van der Waals surface area contributed by atoms with Crippen molar-refractivity contribution < 1.29 is 9.84 Å². The lowest BCUT2D eigenvalue weighted by Crippen LogP contribution is -2.32. The van der Waals surface area contributed by atoms with Crippen LogP contribution in [0, 0.1) is 0 Å². The third-order valence-electron chi connectivity index (χ3n) is 3.37. The Morgan fingerprint density at radius 3 is 2.67 bits per heavy atom. The molecule has 0 aliphatic carbocycles. The summed E-state index contributed by atoms with van der Waals surface area (Å²) in [5.74, 6) is 0.873. The van der Waals surface area contributed by atoms with Crippen molar-refractivity contribution in [1.82, 2.24) is 4.90 Å². The molecule has 1 unspecified atom stereocenters. The summed E-state index contributed by atoms with van der Waals surface area (Å²) in [5.41, 5.74) is 6.12. The first-order valence-corrected chi connectivity index (χ1v) is 6.46. The van der Waals surface area contributed by atoms with Crippen molar-refractivity contribution >= 4 is 0 Å². The highest BCUT2D eigenvalue weighted by Gasteiger charge is 2.30. The monoisotopic (exact) mass is 250 g/mol. The van der Waals surface area contributed by atoms with Crippen LogP contribution in [-0.4, -0.2) is 41.8 Å². The smallest absolute Gasteiger partial charge is 0.119 e. The summed E-state index contributed by atoms with van der Waals surface area (Å²) >= 11 is 0. The van der Waals surface area contributed by atoms with E-state index in [1.807, 2.05) is 31.2 Å². The molecule has 0 saturated carbocycles. The summed E-state index contributed by atoms with van der Waals surface area (Å²) in [4.78, 5) is 2.23. The van der Waals surface area contributed by atoms with Gasteiger partial charge in [0.1, 0.15) is 12.4 Å². The van der Waals surface area contributed by atoms with Crippen molar-refractivity contribution in [3.05, 3.63) is 29.8 Å². The van der Waals surface area contributed by atoms with Gasteiger partial charge in [-0.25, -0.2) is 0 Å². The first-order valence-electron chi connectivity index (χ1n) is 6.46. The van der Waals surface area contributed by atoms with Gasteiger partial charge in [0, 0.05) is 26.2 Å². The van der Waals surface area contributed by atoms with Gasteiger partial charge in [-0.2, -0.15) is 0 Å². The predicted octanol–water partition coefficient (Wildman–Crippen LogP) is 0.981. The van der Waals surface area contributed by atoms with Crippen molar-refractivity contribution in [2.45, 2.75) is 25.5 Å². The van der Waals surface area contributed by atoms with Gasteiger partial charge in [0.2, 0.25) is 0 Å². The Bertz CT molecular complexity index is 376. The molecule has 1 aromatic carbocycles. The zero-order valence-corrected chi connectivity index (χ0v) is 10.9. The van der Waals surface area contributed by atoms with Crippen molar-refractivity contribution in [3.63, 3.8) is 0 Å². The third-order valence-corrected chi connectivity index (χ3v) is 3.37. The van der Waals surface area contributed by atoms with Gasteiger partial charge in [-0.05, 0) is 31.0 Å². The van der Waals surface area contributed by atoms with Crippen LogP contribution in [0.5, 0.6) is 5.75 Å². The summed E-state index contributed by atoms with van der Waals surface area (Å²) < 4.78 is 5.67. The van der Waals surface area contributed by atoms with E-state index in [0.717, 1.165) is 37.4 Å². The van der Waals surface area contributed by atoms with Crippen LogP contribution in [0.1, 0.15) is 18.9 Å². The Balaban J connectivity index is 1.72.